The summed E-state index contributed by atoms with van der Waals surface area (Å²) in [4.78, 5) is 2.31. The first-order valence-corrected chi connectivity index (χ1v) is 9.44. The smallest absolute Gasteiger partial charge is 0.245 e. The van der Waals surface area contributed by atoms with Gasteiger partial charge in [-0.3, -0.25) is 0 Å². The Bertz CT molecular complexity index is 505. The van der Waals surface area contributed by atoms with Gasteiger partial charge in [0.1, 0.15) is 0 Å². The molecule has 0 amide bonds. The van der Waals surface area contributed by atoms with Crippen LogP contribution >= 0.6 is 0 Å². The molecule has 2 atom stereocenters. The molecule has 0 aromatic carbocycles. The lowest BCUT2D eigenvalue weighted by Crippen LogP contribution is -2.48. The molecule has 7 nitrogen and oxygen atoms in total. The Morgan fingerprint density at radius 2 is 1.88 bits per heavy atom. The van der Waals surface area contributed by atoms with Gasteiger partial charge in [-0.1, -0.05) is 18.9 Å². The number of rotatable bonds is 9. The third-order valence-electron chi connectivity index (χ3n) is 5.36. The van der Waals surface area contributed by atoms with Gasteiger partial charge in [-0.15, -0.1) is 0 Å². The lowest BCUT2D eigenvalue weighted by molar-refractivity contribution is -0.0292. The summed E-state index contributed by atoms with van der Waals surface area (Å²) in [5.74, 6) is 0.901. The summed E-state index contributed by atoms with van der Waals surface area (Å²) in [6, 6.07) is 0. The molecule has 0 spiro atoms. The average Bonchev–Trinajstić information content (AvgIpc) is 3.21. The number of ether oxygens (including phenoxy) is 2. The quantitative estimate of drug-likeness (QED) is 0.644. The van der Waals surface area contributed by atoms with E-state index in [1.807, 2.05) is 11.6 Å². The van der Waals surface area contributed by atoms with Crippen LogP contribution in [-0.4, -0.2) is 58.7 Å². The van der Waals surface area contributed by atoms with Crippen LogP contribution in [0.2, 0.25) is 0 Å². The second kappa shape index (κ2) is 7.78. The SMILES string of the molecule is CCOCCC1(Cn2nnnc2N2CC(CC)OC(CC)C2)CC1. The molecule has 136 valence electrons. The second-order valence-corrected chi connectivity index (χ2v) is 7.19. The van der Waals surface area contributed by atoms with Gasteiger partial charge in [0.25, 0.3) is 0 Å². The summed E-state index contributed by atoms with van der Waals surface area (Å²) in [5, 5.41) is 12.6. The predicted octanol–water partition coefficient (Wildman–Crippen LogP) is 2.27. The van der Waals surface area contributed by atoms with Gasteiger partial charge in [0.15, 0.2) is 0 Å². The zero-order valence-electron chi connectivity index (χ0n) is 15.3. The zero-order valence-corrected chi connectivity index (χ0v) is 15.3. The molecule has 1 aliphatic heterocycles. The molecule has 2 fully saturated rings. The Morgan fingerprint density at radius 1 is 1.17 bits per heavy atom. The normalized spacial score (nSPS) is 25.9. The van der Waals surface area contributed by atoms with Crippen molar-refractivity contribution in [2.75, 3.05) is 31.2 Å². The maximum Gasteiger partial charge on any atom is 0.245 e. The van der Waals surface area contributed by atoms with E-state index in [9.17, 15) is 0 Å². The molecular formula is C17H31N5O2. The summed E-state index contributed by atoms with van der Waals surface area (Å²) < 4.78 is 13.6. The lowest BCUT2D eigenvalue weighted by atomic mass is 10.0. The first-order valence-electron chi connectivity index (χ1n) is 9.44. The summed E-state index contributed by atoms with van der Waals surface area (Å²) >= 11 is 0. The van der Waals surface area contributed by atoms with Crippen LogP contribution in [-0.2, 0) is 16.0 Å². The van der Waals surface area contributed by atoms with Crippen LogP contribution in [0.1, 0.15) is 52.9 Å². The van der Waals surface area contributed by atoms with Gasteiger partial charge in [0.2, 0.25) is 5.95 Å². The van der Waals surface area contributed by atoms with Gasteiger partial charge in [0.05, 0.1) is 18.8 Å². The third kappa shape index (κ3) is 4.06. The first-order chi connectivity index (χ1) is 11.7. The molecule has 24 heavy (non-hydrogen) atoms. The highest BCUT2D eigenvalue weighted by molar-refractivity contribution is 5.30. The number of hydrogen-bond acceptors (Lipinski definition) is 6. The van der Waals surface area contributed by atoms with E-state index >= 15 is 0 Å². The van der Waals surface area contributed by atoms with E-state index in [1.54, 1.807) is 0 Å². The summed E-state index contributed by atoms with van der Waals surface area (Å²) in [5.41, 5.74) is 0.333. The van der Waals surface area contributed by atoms with E-state index < -0.39 is 0 Å². The predicted molar refractivity (Wildman–Crippen MR) is 92.1 cm³/mol. The van der Waals surface area contributed by atoms with E-state index in [4.69, 9.17) is 9.47 Å². The molecule has 1 saturated heterocycles. The van der Waals surface area contributed by atoms with E-state index in [0.717, 1.165) is 58.1 Å². The molecule has 1 saturated carbocycles. The molecule has 0 bridgehead atoms. The number of nitrogens with zero attached hydrogens (tertiary/aromatic N) is 5. The highest BCUT2D eigenvalue weighted by Crippen LogP contribution is 2.50. The van der Waals surface area contributed by atoms with Crippen molar-refractivity contribution in [3.63, 3.8) is 0 Å². The van der Waals surface area contributed by atoms with Crippen molar-refractivity contribution in [1.82, 2.24) is 20.2 Å². The Hall–Kier alpha value is -1.21. The van der Waals surface area contributed by atoms with E-state index in [2.05, 4.69) is 34.3 Å². The number of anilines is 1. The van der Waals surface area contributed by atoms with Crippen molar-refractivity contribution < 1.29 is 9.47 Å². The van der Waals surface area contributed by atoms with Gasteiger partial charge < -0.3 is 14.4 Å². The monoisotopic (exact) mass is 337 g/mol. The van der Waals surface area contributed by atoms with Gasteiger partial charge >= 0.3 is 0 Å². The van der Waals surface area contributed by atoms with Crippen LogP contribution < -0.4 is 4.90 Å². The molecule has 0 N–H and O–H groups in total. The minimum atomic E-state index is 0.265. The fourth-order valence-corrected chi connectivity index (χ4v) is 3.48. The number of morpholine rings is 1. The fourth-order valence-electron chi connectivity index (χ4n) is 3.48. The third-order valence-corrected chi connectivity index (χ3v) is 5.36. The topological polar surface area (TPSA) is 65.3 Å². The Labute approximate surface area is 144 Å². The van der Waals surface area contributed by atoms with Gasteiger partial charge in [-0.25, -0.2) is 4.68 Å². The molecule has 2 unspecified atom stereocenters. The van der Waals surface area contributed by atoms with Crippen molar-refractivity contribution >= 4 is 5.95 Å². The molecule has 3 rings (SSSR count). The van der Waals surface area contributed by atoms with Crippen LogP contribution in [0.3, 0.4) is 0 Å². The van der Waals surface area contributed by atoms with Crippen molar-refractivity contribution in [2.45, 2.75) is 71.6 Å². The highest BCUT2D eigenvalue weighted by Gasteiger charge is 2.43. The molecule has 7 heteroatoms. The average molecular weight is 337 g/mol. The number of hydrogen-bond donors (Lipinski definition) is 0. The number of tetrazole rings is 1. The summed E-state index contributed by atoms with van der Waals surface area (Å²) in [6.07, 6.45) is 6.16. The largest absolute Gasteiger partial charge is 0.382 e. The van der Waals surface area contributed by atoms with Crippen LogP contribution in [0, 0.1) is 5.41 Å². The number of aromatic nitrogens is 4. The second-order valence-electron chi connectivity index (χ2n) is 7.19. The fraction of sp³-hybridized carbons (Fsp3) is 0.941. The van der Waals surface area contributed by atoms with Gasteiger partial charge in [-0.2, -0.15) is 0 Å². The molecule has 0 radical (unpaired) electrons. The minimum absolute atomic E-state index is 0.265. The molecule has 1 aliphatic carbocycles. The maximum atomic E-state index is 6.10. The molecule has 1 aromatic heterocycles. The van der Waals surface area contributed by atoms with Crippen LogP contribution in [0.4, 0.5) is 5.95 Å². The van der Waals surface area contributed by atoms with E-state index in [0.29, 0.717) is 5.41 Å². The van der Waals surface area contributed by atoms with Crippen LogP contribution in [0.25, 0.3) is 0 Å². The zero-order chi connectivity index (χ0) is 17.0. The molecule has 1 aromatic rings. The molecule has 2 aliphatic rings. The standard InChI is InChI=1S/C17H31N5O2/c1-4-14-11-21(12-15(5-2)24-14)16-18-19-20-22(16)13-17(7-8-17)9-10-23-6-3/h14-15H,4-13H2,1-3H3. The van der Waals surface area contributed by atoms with E-state index in [1.165, 1.54) is 12.8 Å². The maximum absolute atomic E-state index is 6.10. The van der Waals surface area contributed by atoms with E-state index in [-0.39, 0.29) is 12.2 Å². The Morgan fingerprint density at radius 3 is 2.46 bits per heavy atom. The minimum Gasteiger partial charge on any atom is -0.382 e. The first kappa shape index (κ1) is 17.6. The Balaban J connectivity index is 1.66. The van der Waals surface area contributed by atoms with Crippen molar-refractivity contribution in [2.24, 2.45) is 5.41 Å². The van der Waals surface area contributed by atoms with Crippen molar-refractivity contribution in [1.29, 1.82) is 0 Å². The van der Waals surface area contributed by atoms with Gasteiger partial charge in [-0.05, 0) is 54.9 Å². The van der Waals surface area contributed by atoms with Crippen molar-refractivity contribution in [3.05, 3.63) is 0 Å². The van der Waals surface area contributed by atoms with Crippen LogP contribution in [0.5, 0.6) is 0 Å². The summed E-state index contributed by atoms with van der Waals surface area (Å²) in [7, 11) is 0. The van der Waals surface area contributed by atoms with Crippen molar-refractivity contribution in [3.8, 4) is 0 Å². The summed E-state index contributed by atoms with van der Waals surface area (Å²) in [6.45, 7) is 10.7. The van der Waals surface area contributed by atoms with Gasteiger partial charge in [0, 0.05) is 26.3 Å². The molecule has 2 heterocycles. The van der Waals surface area contributed by atoms with Crippen LogP contribution in [0.15, 0.2) is 0 Å². The lowest BCUT2D eigenvalue weighted by Gasteiger charge is -2.37. The molecular weight excluding hydrogens is 306 g/mol. The Kier molecular flexibility index (Phi) is 5.71. The highest BCUT2D eigenvalue weighted by atomic mass is 16.5.